The Morgan fingerprint density at radius 2 is 1.67 bits per heavy atom. The molecule has 0 aliphatic heterocycles. The molecule has 1 saturated carbocycles. The van der Waals surface area contributed by atoms with E-state index in [1.807, 2.05) is 0 Å². The Morgan fingerprint density at radius 1 is 1.00 bits per heavy atom. The highest BCUT2D eigenvalue weighted by Gasteiger charge is 2.10. The van der Waals surface area contributed by atoms with E-state index in [0.717, 1.165) is 12.6 Å². The molecule has 0 atom stereocenters. The average Bonchev–Trinajstić information content (AvgIpc) is 2.34. The van der Waals surface area contributed by atoms with Gasteiger partial charge in [0.1, 0.15) is 0 Å². The second-order valence-electron chi connectivity index (χ2n) is 5.67. The van der Waals surface area contributed by atoms with Gasteiger partial charge in [0, 0.05) is 6.04 Å². The first-order valence-electron chi connectivity index (χ1n) is 7.64. The van der Waals surface area contributed by atoms with Crippen LogP contribution in [0.5, 0.6) is 0 Å². The van der Waals surface area contributed by atoms with E-state index in [4.69, 9.17) is 0 Å². The molecule has 0 unspecified atom stereocenters. The monoisotopic (exact) mass is 245 g/mol. The van der Waals surface area contributed by atoms with Gasteiger partial charge in [-0.15, -0.1) is 0 Å². The minimum absolute atomic E-state index is 0.773. The second kappa shape index (κ2) is 7.58. The van der Waals surface area contributed by atoms with Crippen LogP contribution >= 0.6 is 0 Å². The molecule has 0 heterocycles. The number of hydrogen-bond donors (Lipinski definition) is 1. The quantitative estimate of drug-likeness (QED) is 0.836. The largest absolute Gasteiger partial charge is 0.314 e. The Hall–Kier alpha value is -0.820. The van der Waals surface area contributed by atoms with Crippen molar-refractivity contribution in [2.75, 3.05) is 6.54 Å². The van der Waals surface area contributed by atoms with Crippen LogP contribution in [0.2, 0.25) is 0 Å². The molecular formula is C17H27N. The SMILES string of the molecule is Cc1ccccc1CCNC1CCCCCCC1. The zero-order valence-corrected chi connectivity index (χ0v) is 11.8. The number of benzene rings is 1. The third-order valence-electron chi connectivity index (χ3n) is 4.19. The summed E-state index contributed by atoms with van der Waals surface area (Å²) in [5.74, 6) is 0. The minimum atomic E-state index is 0.773. The maximum Gasteiger partial charge on any atom is 0.00671 e. The van der Waals surface area contributed by atoms with E-state index < -0.39 is 0 Å². The Kier molecular flexibility index (Phi) is 5.73. The second-order valence-corrected chi connectivity index (χ2v) is 5.67. The van der Waals surface area contributed by atoms with E-state index >= 15 is 0 Å². The van der Waals surface area contributed by atoms with Gasteiger partial charge in [-0.1, -0.05) is 56.4 Å². The van der Waals surface area contributed by atoms with Crippen LogP contribution in [0.1, 0.15) is 56.1 Å². The van der Waals surface area contributed by atoms with Crippen molar-refractivity contribution in [3.05, 3.63) is 35.4 Å². The van der Waals surface area contributed by atoms with E-state index in [0.29, 0.717) is 0 Å². The van der Waals surface area contributed by atoms with E-state index in [1.165, 1.54) is 62.5 Å². The summed E-state index contributed by atoms with van der Waals surface area (Å²) in [6, 6.07) is 9.52. The predicted octanol–water partition coefficient (Wildman–Crippen LogP) is 4.24. The lowest BCUT2D eigenvalue weighted by Gasteiger charge is -2.21. The van der Waals surface area contributed by atoms with Crippen molar-refractivity contribution in [3.63, 3.8) is 0 Å². The van der Waals surface area contributed by atoms with Crippen molar-refractivity contribution in [2.45, 2.75) is 64.3 Å². The molecule has 1 aromatic rings. The van der Waals surface area contributed by atoms with Crippen LogP contribution in [0, 0.1) is 6.92 Å². The topological polar surface area (TPSA) is 12.0 Å². The van der Waals surface area contributed by atoms with E-state index in [2.05, 4.69) is 36.5 Å². The van der Waals surface area contributed by atoms with Gasteiger partial charge >= 0.3 is 0 Å². The maximum absolute atomic E-state index is 3.77. The van der Waals surface area contributed by atoms with Gasteiger partial charge in [0.25, 0.3) is 0 Å². The first-order valence-corrected chi connectivity index (χ1v) is 7.64. The third kappa shape index (κ3) is 4.45. The summed E-state index contributed by atoms with van der Waals surface area (Å²) in [5, 5.41) is 3.77. The van der Waals surface area contributed by atoms with Crippen LogP contribution in [0.15, 0.2) is 24.3 Å². The average molecular weight is 245 g/mol. The molecule has 100 valence electrons. The highest BCUT2D eigenvalue weighted by molar-refractivity contribution is 5.25. The predicted molar refractivity (Wildman–Crippen MR) is 79.0 cm³/mol. The zero-order valence-electron chi connectivity index (χ0n) is 11.8. The fraction of sp³-hybridized carbons (Fsp3) is 0.647. The van der Waals surface area contributed by atoms with Crippen molar-refractivity contribution in [3.8, 4) is 0 Å². The number of aryl methyl sites for hydroxylation is 1. The molecule has 1 fully saturated rings. The lowest BCUT2D eigenvalue weighted by molar-refractivity contribution is 0.392. The van der Waals surface area contributed by atoms with Gasteiger partial charge < -0.3 is 5.32 Å². The highest BCUT2D eigenvalue weighted by Crippen LogP contribution is 2.17. The van der Waals surface area contributed by atoms with Crippen LogP contribution in [0.25, 0.3) is 0 Å². The zero-order chi connectivity index (χ0) is 12.6. The van der Waals surface area contributed by atoms with Gasteiger partial charge in [0.05, 0.1) is 0 Å². The highest BCUT2D eigenvalue weighted by atomic mass is 14.9. The van der Waals surface area contributed by atoms with Gasteiger partial charge in [-0.25, -0.2) is 0 Å². The van der Waals surface area contributed by atoms with Gasteiger partial charge in [0.15, 0.2) is 0 Å². The summed E-state index contributed by atoms with van der Waals surface area (Å²) in [7, 11) is 0. The Morgan fingerprint density at radius 3 is 2.39 bits per heavy atom. The Balaban J connectivity index is 1.72. The molecule has 2 rings (SSSR count). The number of rotatable bonds is 4. The molecule has 0 amide bonds. The van der Waals surface area contributed by atoms with Crippen molar-refractivity contribution < 1.29 is 0 Å². The third-order valence-corrected chi connectivity index (χ3v) is 4.19. The van der Waals surface area contributed by atoms with Crippen LogP contribution in [0.4, 0.5) is 0 Å². The van der Waals surface area contributed by atoms with Crippen LogP contribution < -0.4 is 5.32 Å². The van der Waals surface area contributed by atoms with Gasteiger partial charge in [-0.05, 0) is 43.9 Å². The molecule has 0 saturated heterocycles. The standard InChI is InChI=1S/C17H27N/c1-15-9-7-8-10-16(15)13-14-18-17-11-5-3-2-4-6-12-17/h7-10,17-18H,2-6,11-14H2,1H3. The molecule has 0 bridgehead atoms. The fourth-order valence-electron chi connectivity index (χ4n) is 2.96. The number of nitrogens with one attached hydrogen (secondary N) is 1. The number of hydrogen-bond acceptors (Lipinski definition) is 1. The maximum atomic E-state index is 3.77. The van der Waals surface area contributed by atoms with E-state index in [9.17, 15) is 0 Å². The molecular weight excluding hydrogens is 218 g/mol. The lowest BCUT2D eigenvalue weighted by atomic mass is 9.96. The summed E-state index contributed by atoms with van der Waals surface area (Å²) in [4.78, 5) is 0. The normalized spacial score (nSPS) is 18.3. The van der Waals surface area contributed by atoms with E-state index in [1.54, 1.807) is 0 Å². The van der Waals surface area contributed by atoms with Gasteiger partial charge in [-0.2, -0.15) is 0 Å². The van der Waals surface area contributed by atoms with Crippen LogP contribution in [0.3, 0.4) is 0 Å². The molecule has 1 N–H and O–H groups in total. The van der Waals surface area contributed by atoms with Crippen molar-refractivity contribution in [1.82, 2.24) is 5.32 Å². The molecule has 1 aliphatic carbocycles. The summed E-state index contributed by atoms with van der Waals surface area (Å²) in [6.07, 6.45) is 11.1. The molecule has 1 nitrogen and oxygen atoms in total. The smallest absolute Gasteiger partial charge is 0.00671 e. The van der Waals surface area contributed by atoms with E-state index in [-0.39, 0.29) is 0 Å². The summed E-state index contributed by atoms with van der Waals surface area (Å²) < 4.78 is 0. The first-order chi connectivity index (χ1) is 8.86. The molecule has 1 aromatic carbocycles. The molecule has 1 heteroatoms. The summed E-state index contributed by atoms with van der Waals surface area (Å²) in [5.41, 5.74) is 2.92. The van der Waals surface area contributed by atoms with Crippen molar-refractivity contribution in [2.24, 2.45) is 0 Å². The molecule has 1 aliphatic rings. The molecule has 0 spiro atoms. The lowest BCUT2D eigenvalue weighted by Crippen LogP contribution is -2.31. The summed E-state index contributed by atoms with van der Waals surface area (Å²) in [6.45, 7) is 3.35. The Labute approximate surface area is 112 Å². The fourth-order valence-corrected chi connectivity index (χ4v) is 2.96. The Bertz CT molecular complexity index is 337. The summed E-state index contributed by atoms with van der Waals surface area (Å²) >= 11 is 0. The van der Waals surface area contributed by atoms with Gasteiger partial charge in [0.2, 0.25) is 0 Å². The molecule has 0 radical (unpaired) electrons. The first kappa shape index (κ1) is 13.6. The molecule has 18 heavy (non-hydrogen) atoms. The van der Waals surface area contributed by atoms with Crippen molar-refractivity contribution in [1.29, 1.82) is 0 Å². The van der Waals surface area contributed by atoms with Crippen LogP contribution in [-0.2, 0) is 6.42 Å². The van der Waals surface area contributed by atoms with Crippen molar-refractivity contribution >= 4 is 0 Å². The van der Waals surface area contributed by atoms with Gasteiger partial charge in [-0.3, -0.25) is 0 Å². The molecule has 0 aromatic heterocycles. The van der Waals surface area contributed by atoms with Crippen LogP contribution in [-0.4, -0.2) is 12.6 Å². The minimum Gasteiger partial charge on any atom is -0.314 e.